The topological polar surface area (TPSA) is 4.93 Å². The van der Waals surface area contributed by atoms with Crippen LogP contribution in [0.3, 0.4) is 0 Å². The van der Waals surface area contributed by atoms with Crippen LogP contribution < -0.4 is 0 Å². The van der Waals surface area contributed by atoms with Crippen LogP contribution in [0.5, 0.6) is 0 Å². The monoisotopic (exact) mass is 597 g/mol. The van der Waals surface area contributed by atoms with Gasteiger partial charge in [-0.05, 0) is 92.4 Å². The summed E-state index contributed by atoms with van der Waals surface area (Å²) < 4.78 is 3.64. The first-order valence-corrected chi connectivity index (χ1v) is 13.9. The molecule has 180 valence electrons. The summed E-state index contributed by atoms with van der Waals surface area (Å²) in [5, 5.41) is 2.56. The van der Waals surface area contributed by atoms with Crippen LogP contribution in [0.15, 0.2) is 146 Å². The molecule has 0 aliphatic rings. The fraction of sp³-hybridized carbons (Fsp3) is 0. The highest BCUT2D eigenvalue weighted by Crippen LogP contribution is 2.39. The van der Waals surface area contributed by atoms with Crippen molar-refractivity contribution in [2.45, 2.75) is 0 Å². The third kappa shape index (κ3) is 3.93. The molecule has 6 aromatic carbocycles. The van der Waals surface area contributed by atoms with Gasteiger partial charge in [0.1, 0.15) is 0 Å². The first-order chi connectivity index (χ1) is 18.8. The van der Waals surface area contributed by atoms with E-state index >= 15 is 0 Å². The Kier molecular flexibility index (Phi) is 5.82. The van der Waals surface area contributed by atoms with Crippen molar-refractivity contribution in [3.63, 3.8) is 0 Å². The summed E-state index contributed by atoms with van der Waals surface area (Å²) >= 11 is 2.51. The lowest BCUT2D eigenvalue weighted by atomic mass is 9.93. The van der Waals surface area contributed by atoms with Gasteiger partial charge in [-0.15, -0.1) is 0 Å². The number of para-hydroxylation sites is 2. The summed E-state index contributed by atoms with van der Waals surface area (Å²) in [5.74, 6) is 0. The van der Waals surface area contributed by atoms with Crippen LogP contribution in [0.4, 0.5) is 0 Å². The van der Waals surface area contributed by atoms with Gasteiger partial charge < -0.3 is 4.57 Å². The van der Waals surface area contributed by atoms with Gasteiger partial charge in [-0.25, -0.2) is 0 Å². The number of benzene rings is 6. The first kappa shape index (κ1) is 23.0. The standard InChI is InChI=1S/C36H24IN/c37-36-32(26-11-3-1-4-12-26)23-28(24-33(36)27-13-5-2-6-14-27)25-19-21-29(22-20-25)38-34-17-9-7-15-30(34)31-16-8-10-18-35(31)38/h1-24H. The Labute approximate surface area is 236 Å². The summed E-state index contributed by atoms with van der Waals surface area (Å²) in [7, 11) is 0. The highest BCUT2D eigenvalue weighted by molar-refractivity contribution is 14.1. The number of hydrogen-bond acceptors (Lipinski definition) is 0. The largest absolute Gasteiger partial charge is 0.309 e. The van der Waals surface area contributed by atoms with E-state index in [1.165, 1.54) is 64.4 Å². The Morgan fingerprint density at radius 2 is 0.842 bits per heavy atom. The van der Waals surface area contributed by atoms with Gasteiger partial charge in [-0.2, -0.15) is 0 Å². The lowest BCUT2D eigenvalue weighted by molar-refractivity contribution is 1.18. The molecule has 0 spiro atoms. The molecule has 0 atom stereocenters. The molecule has 0 aliphatic heterocycles. The predicted octanol–water partition coefficient (Wildman–Crippen LogP) is 10.4. The molecule has 1 nitrogen and oxygen atoms in total. The van der Waals surface area contributed by atoms with Gasteiger partial charge in [0.05, 0.1) is 11.0 Å². The molecule has 0 N–H and O–H groups in total. The van der Waals surface area contributed by atoms with Crippen molar-refractivity contribution in [2.24, 2.45) is 0 Å². The maximum atomic E-state index is 2.51. The van der Waals surface area contributed by atoms with Crippen molar-refractivity contribution < 1.29 is 0 Å². The summed E-state index contributed by atoms with van der Waals surface area (Å²) in [4.78, 5) is 0. The first-order valence-electron chi connectivity index (χ1n) is 12.8. The maximum Gasteiger partial charge on any atom is 0.0541 e. The van der Waals surface area contributed by atoms with E-state index in [-0.39, 0.29) is 0 Å². The van der Waals surface area contributed by atoms with Crippen molar-refractivity contribution >= 4 is 44.4 Å². The van der Waals surface area contributed by atoms with Crippen LogP contribution in [0.1, 0.15) is 0 Å². The van der Waals surface area contributed by atoms with Gasteiger partial charge in [0.2, 0.25) is 0 Å². The van der Waals surface area contributed by atoms with Gasteiger partial charge in [0.25, 0.3) is 0 Å². The van der Waals surface area contributed by atoms with Gasteiger partial charge in [-0.1, -0.05) is 109 Å². The highest BCUT2D eigenvalue weighted by Gasteiger charge is 2.15. The lowest BCUT2D eigenvalue weighted by Gasteiger charge is -2.15. The molecular weight excluding hydrogens is 573 g/mol. The number of aromatic nitrogens is 1. The van der Waals surface area contributed by atoms with E-state index in [2.05, 4.69) is 173 Å². The molecule has 0 amide bonds. The molecular formula is C36H24IN. The third-order valence-corrected chi connectivity index (χ3v) is 8.44. The van der Waals surface area contributed by atoms with E-state index in [1.54, 1.807) is 0 Å². The molecule has 0 bridgehead atoms. The molecule has 0 saturated carbocycles. The minimum absolute atomic E-state index is 1.17. The number of rotatable bonds is 4. The molecule has 0 unspecified atom stereocenters. The molecule has 2 heteroatoms. The second kappa shape index (κ2) is 9.62. The van der Waals surface area contributed by atoms with E-state index in [9.17, 15) is 0 Å². The van der Waals surface area contributed by atoms with Crippen molar-refractivity contribution in [3.05, 3.63) is 149 Å². The van der Waals surface area contributed by atoms with Gasteiger partial charge >= 0.3 is 0 Å². The second-order valence-electron chi connectivity index (χ2n) is 9.53. The fourth-order valence-corrected chi connectivity index (χ4v) is 6.38. The number of fused-ring (bicyclic) bond motifs is 3. The fourth-order valence-electron chi connectivity index (χ4n) is 5.45. The van der Waals surface area contributed by atoms with E-state index in [4.69, 9.17) is 0 Å². The Balaban J connectivity index is 1.39. The zero-order chi connectivity index (χ0) is 25.5. The smallest absolute Gasteiger partial charge is 0.0541 e. The van der Waals surface area contributed by atoms with E-state index in [0.717, 1.165) is 0 Å². The van der Waals surface area contributed by atoms with Crippen molar-refractivity contribution in [3.8, 4) is 39.1 Å². The van der Waals surface area contributed by atoms with Crippen LogP contribution in [0.2, 0.25) is 0 Å². The number of nitrogens with zero attached hydrogens (tertiary/aromatic N) is 1. The zero-order valence-electron chi connectivity index (χ0n) is 20.7. The molecule has 0 radical (unpaired) electrons. The number of halogens is 1. The molecule has 7 aromatic rings. The highest BCUT2D eigenvalue weighted by atomic mass is 127. The lowest BCUT2D eigenvalue weighted by Crippen LogP contribution is -1.94. The average molecular weight is 597 g/mol. The molecule has 1 heterocycles. The van der Waals surface area contributed by atoms with Crippen LogP contribution in [-0.2, 0) is 0 Å². The summed E-state index contributed by atoms with van der Waals surface area (Å²) in [6.45, 7) is 0. The van der Waals surface area contributed by atoms with Crippen LogP contribution in [-0.4, -0.2) is 4.57 Å². The Morgan fingerprint density at radius 1 is 0.395 bits per heavy atom. The molecule has 1 aromatic heterocycles. The summed E-state index contributed by atoms with van der Waals surface area (Å²) in [6.07, 6.45) is 0. The maximum absolute atomic E-state index is 2.51. The van der Waals surface area contributed by atoms with Gasteiger partial charge in [0.15, 0.2) is 0 Å². The molecule has 7 rings (SSSR count). The molecule has 0 saturated heterocycles. The van der Waals surface area contributed by atoms with Crippen molar-refractivity contribution in [2.75, 3.05) is 0 Å². The number of hydrogen-bond donors (Lipinski definition) is 0. The van der Waals surface area contributed by atoms with Crippen LogP contribution >= 0.6 is 22.6 Å². The average Bonchev–Trinajstić information content (AvgIpc) is 3.33. The summed E-state index contributed by atoms with van der Waals surface area (Å²) in [6, 6.07) is 52.4. The predicted molar refractivity (Wildman–Crippen MR) is 170 cm³/mol. The molecule has 0 fully saturated rings. The quantitative estimate of drug-likeness (QED) is 0.178. The van der Waals surface area contributed by atoms with Crippen molar-refractivity contribution in [1.29, 1.82) is 0 Å². The minimum Gasteiger partial charge on any atom is -0.309 e. The third-order valence-electron chi connectivity index (χ3n) is 7.28. The molecule has 0 aliphatic carbocycles. The SMILES string of the molecule is Ic1c(-c2ccccc2)cc(-c2ccc(-n3c4ccccc4c4ccccc43)cc2)cc1-c1ccccc1. The summed E-state index contributed by atoms with van der Waals surface area (Å²) in [5.41, 5.74) is 11.0. The van der Waals surface area contributed by atoms with E-state index in [0.29, 0.717) is 0 Å². The van der Waals surface area contributed by atoms with Crippen LogP contribution in [0.25, 0.3) is 60.9 Å². The minimum atomic E-state index is 1.17. The second-order valence-corrected chi connectivity index (χ2v) is 10.6. The van der Waals surface area contributed by atoms with Crippen molar-refractivity contribution in [1.82, 2.24) is 4.57 Å². The van der Waals surface area contributed by atoms with Gasteiger partial charge in [0, 0.05) is 20.0 Å². The van der Waals surface area contributed by atoms with E-state index in [1.807, 2.05) is 0 Å². The Bertz CT molecular complexity index is 1790. The zero-order valence-corrected chi connectivity index (χ0v) is 22.8. The Morgan fingerprint density at radius 3 is 1.34 bits per heavy atom. The Hall–Kier alpha value is -4.15. The molecule has 38 heavy (non-hydrogen) atoms. The van der Waals surface area contributed by atoms with E-state index < -0.39 is 0 Å². The normalized spacial score (nSPS) is 11.3. The van der Waals surface area contributed by atoms with Gasteiger partial charge in [-0.3, -0.25) is 0 Å². The van der Waals surface area contributed by atoms with Crippen LogP contribution in [0, 0.1) is 3.57 Å².